The highest BCUT2D eigenvalue weighted by Crippen LogP contribution is 2.22. The number of methoxy groups -OCH3 is 1. The molecule has 0 aliphatic carbocycles. The summed E-state index contributed by atoms with van der Waals surface area (Å²) in [6.45, 7) is 2.61. The van der Waals surface area contributed by atoms with Gasteiger partial charge in [-0.1, -0.05) is 30.3 Å². The molecule has 3 aromatic rings. The number of nitrogens with zero attached hydrogens (tertiary/aromatic N) is 2. The maximum Gasteiger partial charge on any atom is 0.260 e. The summed E-state index contributed by atoms with van der Waals surface area (Å²) in [5, 5.41) is 2.85. The van der Waals surface area contributed by atoms with Crippen molar-refractivity contribution in [1.29, 1.82) is 0 Å². The van der Waals surface area contributed by atoms with Crippen molar-refractivity contribution in [2.24, 2.45) is 0 Å². The average Bonchev–Trinajstić information content (AvgIpc) is 2.88. The lowest BCUT2D eigenvalue weighted by Crippen LogP contribution is -2.50. The van der Waals surface area contributed by atoms with Crippen LogP contribution in [0.2, 0.25) is 0 Å². The van der Waals surface area contributed by atoms with E-state index in [9.17, 15) is 9.59 Å². The molecule has 1 aliphatic heterocycles. The summed E-state index contributed by atoms with van der Waals surface area (Å²) < 4.78 is 11.0. The van der Waals surface area contributed by atoms with Gasteiger partial charge in [-0.2, -0.15) is 0 Å². The fraction of sp³-hybridized carbons (Fsp3) is 0.231. The third-order valence-electron chi connectivity index (χ3n) is 5.58. The van der Waals surface area contributed by atoms with E-state index >= 15 is 0 Å². The number of anilines is 2. The van der Waals surface area contributed by atoms with Gasteiger partial charge in [0, 0.05) is 37.6 Å². The molecule has 170 valence electrons. The summed E-state index contributed by atoms with van der Waals surface area (Å²) in [4.78, 5) is 29.5. The first-order chi connectivity index (χ1) is 16.1. The van der Waals surface area contributed by atoms with Crippen LogP contribution >= 0.6 is 0 Å². The Labute approximate surface area is 193 Å². The quantitative estimate of drug-likeness (QED) is 0.601. The molecule has 7 heteroatoms. The molecule has 7 nitrogen and oxygen atoms in total. The second-order valence-corrected chi connectivity index (χ2v) is 7.67. The number of hydrogen-bond acceptors (Lipinski definition) is 5. The van der Waals surface area contributed by atoms with E-state index < -0.39 is 0 Å². The van der Waals surface area contributed by atoms with E-state index in [0.717, 1.165) is 24.5 Å². The predicted octanol–water partition coefficient (Wildman–Crippen LogP) is 3.68. The van der Waals surface area contributed by atoms with Crippen LogP contribution in [0.5, 0.6) is 11.5 Å². The molecule has 0 saturated carbocycles. The normalized spacial score (nSPS) is 13.4. The Hall–Kier alpha value is -4.00. The van der Waals surface area contributed by atoms with Crippen LogP contribution in [0.3, 0.4) is 0 Å². The predicted molar refractivity (Wildman–Crippen MR) is 128 cm³/mol. The molecule has 33 heavy (non-hydrogen) atoms. The van der Waals surface area contributed by atoms with E-state index in [-0.39, 0.29) is 18.4 Å². The molecule has 0 radical (unpaired) electrons. The molecule has 0 unspecified atom stereocenters. The zero-order valence-corrected chi connectivity index (χ0v) is 18.6. The molecule has 4 rings (SSSR count). The van der Waals surface area contributed by atoms with E-state index in [4.69, 9.17) is 9.47 Å². The number of benzene rings is 3. The van der Waals surface area contributed by atoms with Crippen LogP contribution in [0.25, 0.3) is 0 Å². The summed E-state index contributed by atoms with van der Waals surface area (Å²) in [5.41, 5.74) is 2.19. The van der Waals surface area contributed by atoms with Gasteiger partial charge in [-0.15, -0.1) is 0 Å². The second kappa shape index (κ2) is 10.5. The second-order valence-electron chi connectivity index (χ2n) is 7.67. The summed E-state index contributed by atoms with van der Waals surface area (Å²) in [6.07, 6.45) is 0. The summed E-state index contributed by atoms with van der Waals surface area (Å²) in [7, 11) is 1.65. The highest BCUT2D eigenvalue weighted by atomic mass is 16.5. The van der Waals surface area contributed by atoms with Crippen LogP contribution in [0.4, 0.5) is 11.4 Å². The molecule has 0 atom stereocenters. The monoisotopic (exact) mass is 445 g/mol. The number of ether oxygens (including phenoxy) is 2. The molecule has 3 aromatic carbocycles. The Morgan fingerprint density at radius 2 is 1.52 bits per heavy atom. The number of carbonyl (C=O) groups is 2. The minimum Gasteiger partial charge on any atom is -0.497 e. The van der Waals surface area contributed by atoms with Crippen molar-refractivity contribution in [3.63, 3.8) is 0 Å². The smallest absolute Gasteiger partial charge is 0.260 e. The van der Waals surface area contributed by atoms with Gasteiger partial charge in [-0.25, -0.2) is 0 Å². The van der Waals surface area contributed by atoms with E-state index in [1.165, 1.54) is 0 Å². The third kappa shape index (κ3) is 5.63. The number of piperazine rings is 1. The van der Waals surface area contributed by atoms with Crippen molar-refractivity contribution in [3.8, 4) is 11.5 Å². The number of hydrogen-bond donors (Lipinski definition) is 1. The lowest BCUT2D eigenvalue weighted by molar-refractivity contribution is -0.133. The van der Waals surface area contributed by atoms with E-state index in [1.54, 1.807) is 36.3 Å². The average molecular weight is 446 g/mol. The van der Waals surface area contributed by atoms with Crippen molar-refractivity contribution >= 4 is 23.2 Å². The molecule has 1 saturated heterocycles. The Morgan fingerprint density at radius 1 is 0.848 bits per heavy atom. The summed E-state index contributed by atoms with van der Waals surface area (Å²) in [5.74, 6) is 0.832. The Morgan fingerprint density at radius 3 is 2.21 bits per heavy atom. The molecule has 0 bridgehead atoms. The van der Waals surface area contributed by atoms with Gasteiger partial charge in [0.1, 0.15) is 11.5 Å². The van der Waals surface area contributed by atoms with Crippen LogP contribution in [0.1, 0.15) is 10.4 Å². The lowest BCUT2D eigenvalue weighted by atomic mass is 10.2. The molecule has 0 spiro atoms. The first kappa shape index (κ1) is 22.2. The van der Waals surface area contributed by atoms with Gasteiger partial charge in [-0.05, 0) is 48.5 Å². The third-order valence-corrected chi connectivity index (χ3v) is 5.58. The molecular weight excluding hydrogens is 418 g/mol. The van der Waals surface area contributed by atoms with Crippen LogP contribution in [-0.4, -0.2) is 56.6 Å². The van der Waals surface area contributed by atoms with Gasteiger partial charge >= 0.3 is 0 Å². The van der Waals surface area contributed by atoms with Crippen LogP contribution < -0.4 is 19.7 Å². The fourth-order valence-corrected chi connectivity index (χ4v) is 3.74. The van der Waals surface area contributed by atoms with Gasteiger partial charge in [0.15, 0.2) is 6.61 Å². The standard InChI is InChI=1S/C26H27N3O4/c1-32-22-13-11-21(12-14-22)28-15-17-29(18-16-28)25(30)19-33-24-10-6-5-9-23(24)26(31)27-20-7-3-2-4-8-20/h2-14H,15-19H2,1H3,(H,27,31). The molecule has 0 aromatic heterocycles. The number of para-hydroxylation sites is 2. The lowest BCUT2D eigenvalue weighted by Gasteiger charge is -2.36. The molecule has 1 N–H and O–H groups in total. The Bertz CT molecular complexity index is 1080. The van der Waals surface area contributed by atoms with Gasteiger partial charge in [0.05, 0.1) is 12.7 Å². The molecule has 1 fully saturated rings. The summed E-state index contributed by atoms with van der Waals surface area (Å²) >= 11 is 0. The zero-order valence-electron chi connectivity index (χ0n) is 18.6. The van der Waals surface area contributed by atoms with E-state index in [2.05, 4.69) is 10.2 Å². The van der Waals surface area contributed by atoms with Crippen molar-refractivity contribution in [1.82, 2.24) is 4.90 Å². The minimum atomic E-state index is -0.280. The van der Waals surface area contributed by atoms with Crippen molar-refractivity contribution in [3.05, 3.63) is 84.4 Å². The van der Waals surface area contributed by atoms with Crippen LogP contribution in [0, 0.1) is 0 Å². The fourth-order valence-electron chi connectivity index (χ4n) is 3.74. The first-order valence-electron chi connectivity index (χ1n) is 10.9. The first-order valence-corrected chi connectivity index (χ1v) is 10.9. The van der Waals surface area contributed by atoms with Crippen LogP contribution in [-0.2, 0) is 4.79 Å². The molecular formula is C26H27N3O4. The Kier molecular flexibility index (Phi) is 7.09. The Balaban J connectivity index is 1.31. The number of amides is 2. The largest absolute Gasteiger partial charge is 0.497 e. The van der Waals surface area contributed by atoms with Crippen molar-refractivity contribution < 1.29 is 19.1 Å². The molecule has 2 amide bonds. The molecule has 1 heterocycles. The maximum atomic E-state index is 12.7. The highest BCUT2D eigenvalue weighted by molar-refractivity contribution is 6.06. The van der Waals surface area contributed by atoms with Crippen molar-refractivity contribution in [2.45, 2.75) is 0 Å². The number of nitrogens with one attached hydrogen (secondary N) is 1. The summed E-state index contributed by atoms with van der Waals surface area (Å²) in [6, 6.07) is 24.1. The zero-order chi connectivity index (χ0) is 23.0. The number of rotatable bonds is 7. The minimum absolute atomic E-state index is 0.0948. The topological polar surface area (TPSA) is 71.1 Å². The molecule has 1 aliphatic rings. The van der Waals surface area contributed by atoms with Gasteiger partial charge in [0.25, 0.3) is 11.8 Å². The highest BCUT2D eigenvalue weighted by Gasteiger charge is 2.22. The van der Waals surface area contributed by atoms with Crippen LogP contribution in [0.15, 0.2) is 78.9 Å². The SMILES string of the molecule is COc1ccc(N2CCN(C(=O)COc3ccccc3C(=O)Nc3ccccc3)CC2)cc1. The van der Waals surface area contributed by atoms with Gasteiger partial charge in [0.2, 0.25) is 0 Å². The number of carbonyl (C=O) groups excluding carboxylic acids is 2. The maximum absolute atomic E-state index is 12.7. The van der Waals surface area contributed by atoms with E-state index in [0.29, 0.717) is 30.1 Å². The van der Waals surface area contributed by atoms with Crippen molar-refractivity contribution in [2.75, 3.05) is 50.1 Å². The van der Waals surface area contributed by atoms with Gasteiger partial charge < -0.3 is 24.6 Å². The van der Waals surface area contributed by atoms with E-state index in [1.807, 2.05) is 54.6 Å². The van der Waals surface area contributed by atoms with Gasteiger partial charge in [-0.3, -0.25) is 9.59 Å².